The van der Waals surface area contributed by atoms with E-state index in [9.17, 15) is 8.42 Å². The molecule has 3 N–H and O–H groups in total. The van der Waals surface area contributed by atoms with Crippen molar-refractivity contribution in [1.29, 1.82) is 0 Å². The zero-order valence-electron chi connectivity index (χ0n) is 14.4. The van der Waals surface area contributed by atoms with E-state index >= 15 is 0 Å². The highest BCUT2D eigenvalue weighted by Crippen LogP contribution is 2.25. The lowest BCUT2D eigenvalue weighted by Gasteiger charge is -2.15. The van der Waals surface area contributed by atoms with Gasteiger partial charge in [-0.1, -0.05) is 0 Å². The minimum Gasteiger partial charge on any atom is -0.355 e. The lowest BCUT2D eigenvalue weighted by Crippen LogP contribution is -2.43. The molecule has 0 bridgehead atoms. The predicted octanol–water partition coefficient (Wildman–Crippen LogP) is 1.70. The van der Waals surface area contributed by atoms with Crippen LogP contribution in [-0.2, 0) is 10.0 Å². The summed E-state index contributed by atoms with van der Waals surface area (Å²) in [6, 6.07) is 1.72. The molecule has 0 aromatic carbocycles. The van der Waals surface area contributed by atoms with E-state index in [-0.39, 0.29) is 0 Å². The van der Waals surface area contributed by atoms with E-state index < -0.39 is 10.0 Å². The van der Waals surface area contributed by atoms with Gasteiger partial charge >= 0.3 is 0 Å². The van der Waals surface area contributed by atoms with Crippen molar-refractivity contribution >= 4 is 39.1 Å². The smallest absolute Gasteiger partial charge is 0.241 e. The Kier molecular flexibility index (Phi) is 7.39. The van der Waals surface area contributed by atoms with Gasteiger partial charge in [0.1, 0.15) is 0 Å². The Bertz CT molecular complexity index is 664. The fourth-order valence-electron chi connectivity index (χ4n) is 2.55. The van der Waals surface area contributed by atoms with Crippen LogP contribution in [0, 0.1) is 13.8 Å². The molecule has 6 nitrogen and oxygen atoms in total. The Balaban J connectivity index is 1.73. The summed E-state index contributed by atoms with van der Waals surface area (Å²) in [5, 5.41) is 7.08. The summed E-state index contributed by atoms with van der Waals surface area (Å²) < 4.78 is 27.2. The van der Waals surface area contributed by atoms with E-state index in [1.54, 1.807) is 13.1 Å². The second-order valence-corrected chi connectivity index (χ2v) is 10.3. The maximum absolute atomic E-state index is 12.3. The second kappa shape index (κ2) is 9.07. The van der Waals surface area contributed by atoms with Crippen molar-refractivity contribution in [2.45, 2.75) is 36.8 Å². The molecule has 1 aliphatic heterocycles. The van der Waals surface area contributed by atoms with E-state index in [0.29, 0.717) is 29.2 Å². The maximum atomic E-state index is 12.3. The molecule has 1 saturated heterocycles. The molecule has 1 aromatic rings. The maximum Gasteiger partial charge on any atom is 0.241 e. The van der Waals surface area contributed by atoms with Crippen LogP contribution < -0.4 is 15.4 Å². The zero-order valence-corrected chi connectivity index (χ0v) is 16.8. The molecule has 1 fully saturated rings. The number of hydrogen-bond acceptors (Lipinski definition) is 5. The van der Waals surface area contributed by atoms with Crippen molar-refractivity contribution in [1.82, 2.24) is 15.4 Å². The van der Waals surface area contributed by atoms with Crippen molar-refractivity contribution in [3.8, 4) is 0 Å². The summed E-state index contributed by atoms with van der Waals surface area (Å²) in [6.07, 6.45) is 2.53. The van der Waals surface area contributed by atoms with E-state index in [4.69, 9.17) is 0 Å². The highest BCUT2D eigenvalue weighted by Gasteiger charge is 2.18. The van der Waals surface area contributed by atoms with Crippen LogP contribution in [0.25, 0.3) is 0 Å². The number of guanidine groups is 1. The van der Waals surface area contributed by atoms with Crippen LogP contribution in [0.1, 0.15) is 22.6 Å². The van der Waals surface area contributed by atoms with Crippen molar-refractivity contribution in [2.75, 3.05) is 32.4 Å². The number of thioether (sulfide) groups is 1. The standard InChI is InChI=1S/C15H26N4O2S3/c1-11-9-14(12(2)23-11)24(20,21)19-7-6-17-15(16-3)18-10-13-5-4-8-22-13/h9,13,19H,4-8,10H2,1-3H3,(H2,16,17,18). The average molecular weight is 391 g/mol. The van der Waals surface area contributed by atoms with Crippen LogP contribution in [0.4, 0.5) is 0 Å². The molecule has 0 radical (unpaired) electrons. The average Bonchev–Trinajstić information content (AvgIpc) is 3.16. The van der Waals surface area contributed by atoms with E-state index in [0.717, 1.165) is 16.3 Å². The minimum atomic E-state index is -3.44. The Hall–Kier alpha value is -0.770. The van der Waals surface area contributed by atoms with Gasteiger partial charge in [-0.15, -0.1) is 11.3 Å². The Labute approximate surface area is 153 Å². The summed E-state index contributed by atoms with van der Waals surface area (Å²) >= 11 is 3.49. The van der Waals surface area contributed by atoms with Crippen LogP contribution in [0.3, 0.4) is 0 Å². The zero-order chi connectivity index (χ0) is 17.6. The molecule has 9 heteroatoms. The molecule has 24 heavy (non-hydrogen) atoms. The van der Waals surface area contributed by atoms with E-state index in [1.165, 1.54) is 29.9 Å². The molecule has 1 unspecified atom stereocenters. The third-order valence-electron chi connectivity index (χ3n) is 3.74. The van der Waals surface area contributed by atoms with Gasteiger partial charge in [0.15, 0.2) is 5.96 Å². The highest BCUT2D eigenvalue weighted by atomic mass is 32.2. The van der Waals surface area contributed by atoms with Crippen molar-refractivity contribution < 1.29 is 8.42 Å². The van der Waals surface area contributed by atoms with Crippen LogP contribution in [0.5, 0.6) is 0 Å². The fraction of sp³-hybridized carbons (Fsp3) is 0.667. The van der Waals surface area contributed by atoms with Gasteiger partial charge in [0, 0.05) is 41.7 Å². The second-order valence-electron chi connectivity index (χ2n) is 5.69. The number of rotatable bonds is 7. The highest BCUT2D eigenvalue weighted by molar-refractivity contribution is 8.00. The molecule has 2 heterocycles. The molecule has 1 atom stereocenters. The quantitative estimate of drug-likeness (QED) is 0.375. The number of aryl methyl sites for hydroxylation is 2. The van der Waals surface area contributed by atoms with E-state index in [2.05, 4.69) is 20.3 Å². The van der Waals surface area contributed by atoms with Crippen LogP contribution in [0.15, 0.2) is 16.0 Å². The van der Waals surface area contributed by atoms with Crippen LogP contribution in [0.2, 0.25) is 0 Å². The summed E-state index contributed by atoms with van der Waals surface area (Å²) in [5.74, 6) is 1.95. The van der Waals surface area contributed by atoms with Gasteiger partial charge < -0.3 is 10.6 Å². The lowest BCUT2D eigenvalue weighted by molar-refractivity contribution is 0.580. The largest absolute Gasteiger partial charge is 0.355 e. The Morgan fingerprint density at radius 1 is 1.33 bits per heavy atom. The van der Waals surface area contributed by atoms with Gasteiger partial charge in [-0.05, 0) is 38.5 Å². The number of sulfonamides is 1. The summed E-state index contributed by atoms with van der Waals surface area (Å²) in [7, 11) is -1.72. The van der Waals surface area contributed by atoms with Gasteiger partial charge in [0.05, 0.1) is 4.90 Å². The fourth-order valence-corrected chi connectivity index (χ4v) is 6.34. The minimum absolute atomic E-state index is 0.315. The first-order chi connectivity index (χ1) is 11.4. The van der Waals surface area contributed by atoms with Gasteiger partial charge in [-0.25, -0.2) is 13.1 Å². The molecule has 136 valence electrons. The first-order valence-electron chi connectivity index (χ1n) is 8.05. The molecular weight excluding hydrogens is 364 g/mol. The Morgan fingerprint density at radius 3 is 2.71 bits per heavy atom. The molecule has 0 spiro atoms. The van der Waals surface area contributed by atoms with Gasteiger partial charge in [0.2, 0.25) is 10.0 Å². The summed E-state index contributed by atoms with van der Waals surface area (Å²) in [4.78, 5) is 6.37. The van der Waals surface area contributed by atoms with Gasteiger partial charge in [-0.3, -0.25) is 4.99 Å². The van der Waals surface area contributed by atoms with Crippen molar-refractivity contribution in [2.24, 2.45) is 4.99 Å². The normalized spacial score (nSPS) is 18.8. The van der Waals surface area contributed by atoms with Crippen LogP contribution in [-0.4, -0.2) is 52.1 Å². The lowest BCUT2D eigenvalue weighted by atomic mass is 10.2. The van der Waals surface area contributed by atoms with Crippen LogP contribution >= 0.6 is 23.1 Å². The topological polar surface area (TPSA) is 82.6 Å². The molecule has 0 saturated carbocycles. The first kappa shape index (κ1) is 19.6. The van der Waals surface area contributed by atoms with Crippen molar-refractivity contribution in [3.63, 3.8) is 0 Å². The monoisotopic (exact) mass is 390 g/mol. The van der Waals surface area contributed by atoms with E-state index in [1.807, 2.05) is 25.6 Å². The predicted molar refractivity (Wildman–Crippen MR) is 104 cm³/mol. The molecule has 0 aliphatic carbocycles. The molecule has 2 rings (SSSR count). The molecular formula is C15H26N4O2S3. The molecule has 0 amide bonds. The number of aliphatic imine (C=N–C) groups is 1. The van der Waals surface area contributed by atoms with Gasteiger partial charge in [-0.2, -0.15) is 11.8 Å². The molecule has 1 aromatic heterocycles. The number of nitrogens with zero attached hydrogens (tertiary/aromatic N) is 1. The number of thiophene rings is 1. The van der Waals surface area contributed by atoms with Crippen molar-refractivity contribution in [3.05, 3.63) is 15.8 Å². The SMILES string of the molecule is CN=C(NCCNS(=O)(=O)c1cc(C)sc1C)NCC1CCCS1. The number of nitrogens with one attached hydrogen (secondary N) is 3. The first-order valence-corrected chi connectivity index (χ1v) is 11.4. The summed E-state index contributed by atoms with van der Waals surface area (Å²) in [5.41, 5.74) is 0. The summed E-state index contributed by atoms with van der Waals surface area (Å²) in [6.45, 7) is 5.44. The third-order valence-corrected chi connectivity index (χ3v) is 7.82. The molecule has 1 aliphatic rings. The van der Waals surface area contributed by atoms with Gasteiger partial charge in [0.25, 0.3) is 0 Å². The number of hydrogen-bond donors (Lipinski definition) is 3. The third kappa shape index (κ3) is 5.65. The Morgan fingerprint density at radius 2 is 2.12 bits per heavy atom.